The van der Waals surface area contributed by atoms with Crippen LogP contribution in [-0.4, -0.2) is 22.1 Å². The SMILES string of the molecule is CC(C)CONC(=O)CCn1c(=S)[nH]c2ccccc2c1=O. The quantitative estimate of drug-likeness (QED) is 0.631. The maximum Gasteiger partial charge on any atom is 0.262 e. The first-order valence-corrected chi connectivity index (χ1v) is 7.52. The van der Waals surface area contributed by atoms with E-state index in [9.17, 15) is 9.59 Å². The zero-order valence-electron chi connectivity index (χ0n) is 12.6. The Morgan fingerprint density at radius 3 is 2.86 bits per heavy atom. The fourth-order valence-corrected chi connectivity index (χ4v) is 2.24. The van der Waals surface area contributed by atoms with Crippen molar-refractivity contribution in [3.05, 3.63) is 39.4 Å². The fourth-order valence-electron chi connectivity index (χ4n) is 1.96. The van der Waals surface area contributed by atoms with Crippen LogP contribution in [-0.2, 0) is 16.2 Å². The molecule has 0 spiro atoms. The minimum Gasteiger partial charge on any atom is -0.332 e. The van der Waals surface area contributed by atoms with E-state index in [0.717, 1.165) is 0 Å². The topological polar surface area (TPSA) is 76.1 Å². The summed E-state index contributed by atoms with van der Waals surface area (Å²) in [6.45, 7) is 4.62. The van der Waals surface area contributed by atoms with Crippen LogP contribution in [0.15, 0.2) is 29.1 Å². The number of amides is 1. The number of carbonyl (C=O) groups is 1. The summed E-state index contributed by atoms with van der Waals surface area (Å²) in [5.41, 5.74) is 2.86. The van der Waals surface area contributed by atoms with Gasteiger partial charge in [0.1, 0.15) is 0 Å². The largest absolute Gasteiger partial charge is 0.332 e. The lowest BCUT2D eigenvalue weighted by Gasteiger charge is -2.09. The van der Waals surface area contributed by atoms with Gasteiger partial charge in [-0.2, -0.15) is 0 Å². The number of hydrogen-bond donors (Lipinski definition) is 2. The summed E-state index contributed by atoms with van der Waals surface area (Å²) in [6, 6.07) is 7.14. The van der Waals surface area contributed by atoms with Crippen LogP contribution in [0, 0.1) is 10.7 Å². The normalized spacial score (nSPS) is 11.0. The molecule has 1 aromatic heterocycles. The number of benzene rings is 1. The molecule has 1 aromatic carbocycles. The molecule has 0 radical (unpaired) electrons. The molecule has 2 rings (SSSR count). The van der Waals surface area contributed by atoms with E-state index >= 15 is 0 Å². The Morgan fingerprint density at radius 1 is 1.41 bits per heavy atom. The highest BCUT2D eigenvalue weighted by Gasteiger charge is 2.08. The molecule has 2 N–H and O–H groups in total. The second kappa shape index (κ2) is 7.33. The summed E-state index contributed by atoms with van der Waals surface area (Å²) < 4.78 is 1.69. The molecule has 6 nitrogen and oxygen atoms in total. The highest BCUT2D eigenvalue weighted by atomic mass is 32.1. The van der Waals surface area contributed by atoms with Crippen molar-refractivity contribution in [2.75, 3.05) is 6.61 Å². The summed E-state index contributed by atoms with van der Waals surface area (Å²) in [4.78, 5) is 32.1. The van der Waals surface area contributed by atoms with Gasteiger partial charge in [-0.1, -0.05) is 26.0 Å². The molecule has 0 saturated carbocycles. The van der Waals surface area contributed by atoms with Crippen molar-refractivity contribution in [1.82, 2.24) is 15.0 Å². The van der Waals surface area contributed by atoms with E-state index in [4.69, 9.17) is 17.1 Å². The fraction of sp³-hybridized carbons (Fsp3) is 0.400. The first kappa shape index (κ1) is 16.4. The molecule has 0 saturated heterocycles. The number of hydrogen-bond acceptors (Lipinski definition) is 4. The van der Waals surface area contributed by atoms with Gasteiger partial charge >= 0.3 is 0 Å². The Morgan fingerprint density at radius 2 is 2.14 bits per heavy atom. The van der Waals surface area contributed by atoms with E-state index < -0.39 is 0 Å². The predicted molar refractivity (Wildman–Crippen MR) is 86.9 cm³/mol. The van der Waals surface area contributed by atoms with Crippen molar-refractivity contribution in [3.8, 4) is 0 Å². The van der Waals surface area contributed by atoms with Gasteiger partial charge in [-0.3, -0.25) is 19.0 Å². The number of aromatic amines is 1. The summed E-state index contributed by atoms with van der Waals surface area (Å²) in [6.07, 6.45) is 0.119. The van der Waals surface area contributed by atoms with Crippen LogP contribution in [0.3, 0.4) is 0 Å². The standard InChI is InChI=1S/C15H19N3O3S/c1-10(2)9-21-17-13(19)7-8-18-14(20)11-5-3-4-6-12(11)16-15(18)22/h3-6,10H,7-9H2,1-2H3,(H,16,22)(H,17,19). The number of aromatic nitrogens is 2. The van der Waals surface area contributed by atoms with Gasteiger partial charge in [0.25, 0.3) is 5.56 Å². The van der Waals surface area contributed by atoms with E-state index in [1.165, 1.54) is 4.57 Å². The summed E-state index contributed by atoms with van der Waals surface area (Å²) in [5.74, 6) is 0.0485. The molecule has 1 heterocycles. The van der Waals surface area contributed by atoms with Crippen LogP contribution < -0.4 is 11.0 Å². The highest BCUT2D eigenvalue weighted by molar-refractivity contribution is 7.71. The van der Waals surface area contributed by atoms with E-state index in [1.54, 1.807) is 18.2 Å². The van der Waals surface area contributed by atoms with Crippen molar-refractivity contribution in [2.45, 2.75) is 26.8 Å². The number of nitrogens with one attached hydrogen (secondary N) is 2. The third kappa shape index (κ3) is 4.02. The third-order valence-electron chi connectivity index (χ3n) is 3.05. The molecule has 0 aliphatic carbocycles. The van der Waals surface area contributed by atoms with Crippen LogP contribution >= 0.6 is 12.2 Å². The van der Waals surface area contributed by atoms with Crippen molar-refractivity contribution in [3.63, 3.8) is 0 Å². The van der Waals surface area contributed by atoms with Gasteiger partial charge in [0.05, 0.1) is 17.5 Å². The molecule has 2 aromatic rings. The first-order chi connectivity index (χ1) is 10.5. The molecule has 0 unspecified atom stereocenters. The Balaban J connectivity index is 2.07. The summed E-state index contributed by atoms with van der Waals surface area (Å²) in [5, 5.41) is 0.549. The summed E-state index contributed by atoms with van der Waals surface area (Å²) >= 11 is 5.19. The third-order valence-corrected chi connectivity index (χ3v) is 3.38. The van der Waals surface area contributed by atoms with Crippen molar-refractivity contribution < 1.29 is 9.63 Å². The maximum absolute atomic E-state index is 12.4. The molecule has 1 amide bonds. The maximum atomic E-state index is 12.4. The summed E-state index contributed by atoms with van der Waals surface area (Å²) in [7, 11) is 0. The van der Waals surface area contributed by atoms with E-state index in [0.29, 0.717) is 28.2 Å². The number of carbonyl (C=O) groups excluding carboxylic acids is 1. The minimum atomic E-state index is -0.282. The van der Waals surface area contributed by atoms with E-state index in [1.807, 2.05) is 19.9 Å². The van der Waals surface area contributed by atoms with Crippen LogP contribution in [0.5, 0.6) is 0 Å². The van der Waals surface area contributed by atoms with Gasteiger partial charge in [0.15, 0.2) is 4.77 Å². The number of rotatable bonds is 6. The lowest BCUT2D eigenvalue weighted by molar-refractivity contribution is -0.134. The molecule has 7 heteroatoms. The van der Waals surface area contributed by atoms with Gasteiger partial charge in [-0.15, -0.1) is 0 Å². The first-order valence-electron chi connectivity index (χ1n) is 7.11. The lowest BCUT2D eigenvalue weighted by atomic mass is 10.2. The number of hydroxylamine groups is 1. The van der Waals surface area contributed by atoms with Crippen LogP contribution in [0.4, 0.5) is 0 Å². The van der Waals surface area contributed by atoms with Crippen LogP contribution in [0.25, 0.3) is 10.9 Å². The second-order valence-corrected chi connectivity index (χ2v) is 5.80. The van der Waals surface area contributed by atoms with Gasteiger partial charge < -0.3 is 4.98 Å². The molecule has 0 aliphatic rings. The van der Waals surface area contributed by atoms with Gasteiger partial charge in [-0.05, 0) is 30.3 Å². The minimum absolute atomic E-state index is 0.119. The lowest BCUT2D eigenvalue weighted by Crippen LogP contribution is -2.29. The van der Waals surface area contributed by atoms with Gasteiger partial charge in [-0.25, -0.2) is 5.48 Å². The van der Waals surface area contributed by atoms with Crippen molar-refractivity contribution >= 4 is 29.0 Å². The smallest absolute Gasteiger partial charge is 0.262 e. The highest BCUT2D eigenvalue weighted by Crippen LogP contribution is 2.06. The second-order valence-electron chi connectivity index (χ2n) is 5.41. The average Bonchev–Trinajstić information content (AvgIpc) is 2.46. The van der Waals surface area contributed by atoms with E-state index in [2.05, 4.69) is 10.5 Å². The number of fused-ring (bicyclic) bond motifs is 1. The monoisotopic (exact) mass is 321 g/mol. The molecule has 0 bridgehead atoms. The van der Waals surface area contributed by atoms with Gasteiger partial charge in [0.2, 0.25) is 5.91 Å². The zero-order chi connectivity index (χ0) is 16.1. The molecule has 118 valence electrons. The number of para-hydroxylation sites is 1. The Kier molecular flexibility index (Phi) is 5.46. The Labute approximate surface area is 133 Å². The van der Waals surface area contributed by atoms with Crippen LogP contribution in [0.1, 0.15) is 20.3 Å². The number of nitrogens with zero attached hydrogens (tertiary/aromatic N) is 1. The number of H-pyrrole nitrogens is 1. The van der Waals surface area contributed by atoms with Crippen molar-refractivity contribution in [1.29, 1.82) is 0 Å². The molecular weight excluding hydrogens is 302 g/mol. The average molecular weight is 321 g/mol. The van der Waals surface area contributed by atoms with Gasteiger partial charge in [0, 0.05) is 13.0 Å². The molecule has 0 atom stereocenters. The molecular formula is C15H19N3O3S. The zero-order valence-corrected chi connectivity index (χ0v) is 13.4. The van der Waals surface area contributed by atoms with Crippen molar-refractivity contribution in [2.24, 2.45) is 5.92 Å². The molecule has 0 fully saturated rings. The predicted octanol–water partition coefficient (Wildman–Crippen LogP) is 2.15. The molecule has 0 aliphatic heterocycles. The van der Waals surface area contributed by atoms with E-state index in [-0.39, 0.29) is 24.4 Å². The Bertz CT molecular complexity index is 779. The molecule has 22 heavy (non-hydrogen) atoms. The Hall–Kier alpha value is -1.99. The van der Waals surface area contributed by atoms with Crippen LogP contribution in [0.2, 0.25) is 0 Å².